The van der Waals surface area contributed by atoms with Crippen LogP contribution >= 0.6 is 11.6 Å². The third-order valence-electron chi connectivity index (χ3n) is 2.02. The second kappa shape index (κ2) is 7.23. The van der Waals surface area contributed by atoms with Crippen molar-refractivity contribution in [2.45, 2.75) is 6.29 Å². The van der Waals surface area contributed by atoms with Crippen molar-refractivity contribution >= 4 is 11.6 Å². The van der Waals surface area contributed by atoms with E-state index >= 15 is 0 Å². The Labute approximate surface area is 91.8 Å². The zero-order valence-electron chi connectivity index (χ0n) is 9.50. The lowest BCUT2D eigenvalue weighted by Gasteiger charge is -2.31. The second-order valence-corrected chi connectivity index (χ2v) is 4.14. The van der Waals surface area contributed by atoms with Gasteiger partial charge in [-0.1, -0.05) is 6.08 Å². The van der Waals surface area contributed by atoms with E-state index in [2.05, 4.69) is 20.2 Å². The molecular weight excluding hydrogens is 202 g/mol. The van der Waals surface area contributed by atoms with Crippen LogP contribution < -0.4 is 0 Å². The third kappa shape index (κ3) is 6.38. The molecule has 0 spiro atoms. The standard InChI is InChI=1S/C10H21ClNO2/c1-12(2,8-6-5-7-11)9-10(13-3)14-4/h5-6,10H,7-9H2,1-4H3/q+1. The van der Waals surface area contributed by atoms with Gasteiger partial charge in [-0.15, -0.1) is 11.6 Å². The number of ether oxygens (including phenoxy) is 2. The normalized spacial score (nSPS) is 13.0. The molecular formula is C10H21ClNO2+. The van der Waals surface area contributed by atoms with Crippen LogP contribution in [0.1, 0.15) is 0 Å². The molecule has 0 rings (SSSR count). The molecule has 14 heavy (non-hydrogen) atoms. The number of methoxy groups -OCH3 is 2. The Morgan fingerprint density at radius 3 is 2.21 bits per heavy atom. The fourth-order valence-corrected chi connectivity index (χ4v) is 1.27. The highest BCUT2D eigenvalue weighted by atomic mass is 35.5. The highest BCUT2D eigenvalue weighted by Gasteiger charge is 2.19. The van der Waals surface area contributed by atoms with E-state index in [0.29, 0.717) is 5.88 Å². The van der Waals surface area contributed by atoms with Crippen molar-refractivity contribution in [3.63, 3.8) is 0 Å². The third-order valence-corrected chi connectivity index (χ3v) is 2.20. The highest BCUT2D eigenvalue weighted by molar-refractivity contribution is 6.18. The summed E-state index contributed by atoms with van der Waals surface area (Å²) in [7, 11) is 7.57. The van der Waals surface area contributed by atoms with Crippen LogP contribution in [0.4, 0.5) is 0 Å². The largest absolute Gasteiger partial charge is 0.351 e. The van der Waals surface area contributed by atoms with Gasteiger partial charge in [-0.2, -0.15) is 0 Å². The van der Waals surface area contributed by atoms with Crippen LogP contribution in [-0.2, 0) is 9.47 Å². The molecule has 0 heterocycles. The lowest BCUT2D eigenvalue weighted by molar-refractivity contribution is -0.890. The first-order valence-corrected chi connectivity index (χ1v) is 5.17. The van der Waals surface area contributed by atoms with E-state index in [1.165, 1.54) is 0 Å². The minimum atomic E-state index is -0.144. The Hall–Kier alpha value is -0.0900. The molecule has 0 aliphatic heterocycles. The van der Waals surface area contributed by atoms with Gasteiger partial charge in [0.1, 0.15) is 6.54 Å². The maximum Gasteiger partial charge on any atom is 0.207 e. The smallest absolute Gasteiger partial charge is 0.207 e. The Morgan fingerprint density at radius 1 is 1.21 bits per heavy atom. The Kier molecular flexibility index (Phi) is 7.19. The van der Waals surface area contributed by atoms with E-state index in [0.717, 1.165) is 17.6 Å². The topological polar surface area (TPSA) is 18.5 Å². The van der Waals surface area contributed by atoms with Crippen molar-refractivity contribution in [3.8, 4) is 0 Å². The fraction of sp³-hybridized carbons (Fsp3) is 0.800. The van der Waals surface area contributed by atoms with Gasteiger partial charge in [0.25, 0.3) is 0 Å². The van der Waals surface area contributed by atoms with Crippen LogP contribution in [0, 0.1) is 0 Å². The number of quaternary nitrogens is 1. The fourth-order valence-electron chi connectivity index (χ4n) is 1.15. The van der Waals surface area contributed by atoms with Crippen molar-refractivity contribution in [2.24, 2.45) is 0 Å². The maximum absolute atomic E-state index is 5.55. The van der Waals surface area contributed by atoms with E-state index in [1.54, 1.807) is 14.2 Å². The number of rotatable bonds is 7. The van der Waals surface area contributed by atoms with Crippen molar-refractivity contribution in [1.29, 1.82) is 0 Å². The zero-order valence-corrected chi connectivity index (χ0v) is 10.3. The second-order valence-electron chi connectivity index (χ2n) is 3.83. The number of halogens is 1. The van der Waals surface area contributed by atoms with Crippen molar-refractivity contribution in [1.82, 2.24) is 0 Å². The van der Waals surface area contributed by atoms with E-state index < -0.39 is 0 Å². The van der Waals surface area contributed by atoms with Crippen molar-refractivity contribution in [3.05, 3.63) is 12.2 Å². The van der Waals surface area contributed by atoms with Crippen LogP contribution in [0.5, 0.6) is 0 Å². The Morgan fingerprint density at radius 2 is 1.79 bits per heavy atom. The van der Waals surface area contributed by atoms with E-state index in [1.807, 2.05) is 6.08 Å². The molecule has 0 fully saturated rings. The molecule has 0 aromatic carbocycles. The molecule has 0 aliphatic rings. The number of hydrogen-bond acceptors (Lipinski definition) is 2. The molecule has 0 aliphatic carbocycles. The zero-order chi connectivity index (χ0) is 11.0. The number of likely N-dealkylation sites (N-methyl/N-ethyl adjacent to an activating group) is 1. The molecule has 0 saturated heterocycles. The Bertz CT molecular complexity index is 168. The highest BCUT2D eigenvalue weighted by Crippen LogP contribution is 2.03. The van der Waals surface area contributed by atoms with Crippen LogP contribution in [-0.4, -0.2) is 58.1 Å². The van der Waals surface area contributed by atoms with Gasteiger partial charge in [0.05, 0.1) is 20.6 Å². The van der Waals surface area contributed by atoms with Crippen LogP contribution in [0.2, 0.25) is 0 Å². The molecule has 0 N–H and O–H groups in total. The number of allylic oxidation sites excluding steroid dienone is 1. The molecule has 0 radical (unpaired) electrons. The predicted octanol–water partition coefficient (Wildman–Crippen LogP) is 1.48. The average Bonchev–Trinajstić information content (AvgIpc) is 2.14. The molecule has 3 nitrogen and oxygen atoms in total. The lowest BCUT2D eigenvalue weighted by atomic mass is 10.4. The van der Waals surface area contributed by atoms with Crippen LogP contribution in [0.25, 0.3) is 0 Å². The molecule has 0 amide bonds. The first kappa shape index (κ1) is 13.9. The monoisotopic (exact) mass is 222 g/mol. The molecule has 0 unspecified atom stereocenters. The van der Waals surface area contributed by atoms with Crippen molar-refractivity contribution < 1.29 is 14.0 Å². The molecule has 0 atom stereocenters. The molecule has 0 aromatic heterocycles. The summed E-state index contributed by atoms with van der Waals surface area (Å²) in [5, 5.41) is 0. The van der Waals surface area contributed by atoms with Gasteiger partial charge in [0, 0.05) is 20.1 Å². The average molecular weight is 223 g/mol. The summed E-state index contributed by atoms with van der Waals surface area (Å²) in [6, 6.07) is 0. The summed E-state index contributed by atoms with van der Waals surface area (Å²) in [5.41, 5.74) is 0. The van der Waals surface area contributed by atoms with Gasteiger partial charge in [-0.05, 0) is 6.08 Å². The van der Waals surface area contributed by atoms with Gasteiger partial charge < -0.3 is 14.0 Å². The quantitative estimate of drug-likeness (QED) is 0.281. The summed E-state index contributed by atoms with van der Waals surface area (Å²) in [4.78, 5) is 0. The minimum Gasteiger partial charge on any atom is -0.351 e. The van der Waals surface area contributed by atoms with Crippen LogP contribution in [0.3, 0.4) is 0 Å². The predicted molar refractivity (Wildman–Crippen MR) is 59.5 cm³/mol. The minimum absolute atomic E-state index is 0.144. The summed E-state index contributed by atoms with van der Waals surface area (Å²) in [5.74, 6) is 0.567. The number of hydrogen-bond donors (Lipinski definition) is 0. The SMILES string of the molecule is COC(C[N+](C)(C)CC=CCCl)OC. The summed E-state index contributed by atoms with van der Waals surface area (Å²) >= 11 is 5.55. The van der Waals surface area contributed by atoms with E-state index in [4.69, 9.17) is 21.1 Å². The van der Waals surface area contributed by atoms with Gasteiger partial charge in [0.2, 0.25) is 6.29 Å². The van der Waals surface area contributed by atoms with Gasteiger partial charge in [-0.25, -0.2) is 0 Å². The molecule has 0 aromatic rings. The molecule has 4 heteroatoms. The van der Waals surface area contributed by atoms with Crippen LogP contribution in [0.15, 0.2) is 12.2 Å². The lowest BCUT2D eigenvalue weighted by Crippen LogP contribution is -2.46. The molecule has 0 saturated carbocycles. The summed E-state index contributed by atoms with van der Waals surface area (Å²) in [6.07, 6.45) is 3.89. The summed E-state index contributed by atoms with van der Waals surface area (Å²) in [6.45, 7) is 1.75. The van der Waals surface area contributed by atoms with E-state index in [9.17, 15) is 0 Å². The first-order chi connectivity index (χ1) is 6.55. The van der Waals surface area contributed by atoms with Gasteiger partial charge in [0.15, 0.2) is 0 Å². The first-order valence-electron chi connectivity index (χ1n) is 4.64. The van der Waals surface area contributed by atoms with E-state index in [-0.39, 0.29) is 6.29 Å². The van der Waals surface area contributed by atoms with Crippen molar-refractivity contribution in [2.75, 3.05) is 47.3 Å². The maximum atomic E-state index is 5.55. The number of nitrogens with zero attached hydrogens (tertiary/aromatic N) is 1. The number of alkyl halides is 1. The Balaban J connectivity index is 3.97. The molecule has 0 bridgehead atoms. The van der Waals surface area contributed by atoms with Gasteiger partial charge >= 0.3 is 0 Å². The summed E-state index contributed by atoms with van der Waals surface area (Å²) < 4.78 is 11.1. The van der Waals surface area contributed by atoms with Gasteiger partial charge in [-0.3, -0.25) is 0 Å². The molecule has 84 valence electrons.